The number of rotatable bonds is 4. The minimum absolute atomic E-state index is 0.596. The van der Waals surface area contributed by atoms with Crippen LogP contribution in [0.3, 0.4) is 0 Å². The Morgan fingerprint density at radius 1 is 1.11 bits per heavy atom. The van der Waals surface area contributed by atoms with Crippen molar-refractivity contribution in [3.8, 4) is 11.1 Å². The number of halogens is 1. The number of carboxylic acids is 1. The highest BCUT2D eigenvalue weighted by atomic mass is 79.9. The van der Waals surface area contributed by atoms with Crippen molar-refractivity contribution in [3.63, 3.8) is 0 Å². The minimum atomic E-state index is -1.11. The van der Waals surface area contributed by atoms with Gasteiger partial charge in [-0.25, -0.2) is 4.79 Å². The highest BCUT2D eigenvalue weighted by Crippen LogP contribution is 2.39. The van der Waals surface area contributed by atoms with Gasteiger partial charge >= 0.3 is 5.97 Å². The van der Waals surface area contributed by atoms with Crippen molar-refractivity contribution >= 4 is 32.8 Å². The molecule has 4 nitrogen and oxygen atoms in total. The molecule has 0 saturated carbocycles. The average Bonchev–Trinajstić information content (AvgIpc) is 2.59. The molecule has 0 radical (unpaired) electrons. The topological polar surface area (TPSA) is 59.4 Å². The second-order valence-corrected chi connectivity index (χ2v) is 8.37. The van der Waals surface area contributed by atoms with Crippen molar-refractivity contribution in [2.45, 2.75) is 39.4 Å². The number of hydrogen-bond donors (Lipinski definition) is 1. The summed E-state index contributed by atoms with van der Waals surface area (Å²) in [4.78, 5) is 16.8. The molecular weight excluding hydrogens is 406 g/mol. The van der Waals surface area contributed by atoms with E-state index in [-0.39, 0.29) is 0 Å². The molecule has 140 valence electrons. The average molecular weight is 428 g/mol. The van der Waals surface area contributed by atoms with E-state index in [2.05, 4.69) is 20.9 Å². The number of fused-ring (bicyclic) bond motifs is 1. The smallest absolute Gasteiger partial charge is 0.337 e. The first-order valence-electron chi connectivity index (χ1n) is 8.73. The normalized spacial score (nSPS) is 12.9. The number of ether oxygens (including phenoxy) is 1. The number of nitrogens with zero attached hydrogens (tertiary/aromatic N) is 1. The van der Waals surface area contributed by atoms with E-state index in [9.17, 15) is 9.90 Å². The Hall–Kier alpha value is -2.24. The van der Waals surface area contributed by atoms with E-state index in [0.717, 1.165) is 26.5 Å². The lowest BCUT2D eigenvalue weighted by molar-refractivity contribution is -0.160. The molecule has 3 aromatic rings. The molecule has 0 bridgehead atoms. The quantitative estimate of drug-likeness (QED) is 0.561. The van der Waals surface area contributed by atoms with E-state index >= 15 is 0 Å². The lowest BCUT2D eigenvalue weighted by Crippen LogP contribution is -2.28. The largest absolute Gasteiger partial charge is 0.479 e. The third-order valence-electron chi connectivity index (χ3n) is 4.21. The van der Waals surface area contributed by atoms with Gasteiger partial charge in [-0.3, -0.25) is 4.98 Å². The highest BCUT2D eigenvalue weighted by molar-refractivity contribution is 9.10. The summed E-state index contributed by atoms with van der Waals surface area (Å²) < 4.78 is 6.91. The van der Waals surface area contributed by atoms with Gasteiger partial charge in [-0.2, -0.15) is 0 Å². The Labute approximate surface area is 167 Å². The van der Waals surface area contributed by atoms with Gasteiger partial charge < -0.3 is 9.84 Å². The predicted octanol–water partition coefficient (Wildman–Crippen LogP) is 5.91. The Kier molecular flexibility index (Phi) is 5.36. The summed E-state index contributed by atoms with van der Waals surface area (Å²) in [7, 11) is 0. The number of benzene rings is 2. The standard InChI is InChI=1S/C22H22BrNO3/c1-13-18(20(21(25)26)27-22(2,3)4)19(14-9-11-15(23)12-10-14)16-7-5-6-8-17(16)24-13/h5-12,20H,1-4H3,(H,25,26)/t20-/m0/s1. The van der Waals surface area contributed by atoms with Crippen molar-refractivity contribution in [2.24, 2.45) is 0 Å². The Morgan fingerprint density at radius 2 is 1.74 bits per heavy atom. The van der Waals surface area contributed by atoms with Crippen LogP contribution in [0, 0.1) is 6.92 Å². The lowest BCUT2D eigenvalue weighted by Gasteiger charge is -2.28. The maximum atomic E-state index is 12.1. The lowest BCUT2D eigenvalue weighted by atomic mass is 9.91. The Balaban J connectivity index is 2.37. The number of hydrogen-bond acceptors (Lipinski definition) is 3. The molecular formula is C22H22BrNO3. The molecule has 1 N–H and O–H groups in total. The number of para-hydroxylation sites is 1. The fourth-order valence-corrected chi connectivity index (χ4v) is 3.45. The van der Waals surface area contributed by atoms with Crippen LogP contribution in [0.15, 0.2) is 53.0 Å². The Bertz CT molecular complexity index is 991. The fourth-order valence-electron chi connectivity index (χ4n) is 3.18. The molecule has 1 heterocycles. The van der Waals surface area contributed by atoms with Crippen LogP contribution in [0.2, 0.25) is 0 Å². The first kappa shape index (κ1) is 19.5. The summed E-state index contributed by atoms with van der Waals surface area (Å²) in [5, 5.41) is 10.8. The minimum Gasteiger partial charge on any atom is -0.479 e. The predicted molar refractivity (Wildman–Crippen MR) is 111 cm³/mol. The molecule has 0 aliphatic rings. The molecule has 5 heteroatoms. The molecule has 0 fully saturated rings. The van der Waals surface area contributed by atoms with Crippen molar-refractivity contribution in [2.75, 3.05) is 0 Å². The van der Waals surface area contributed by atoms with Gasteiger partial charge in [-0.05, 0) is 57.0 Å². The molecule has 0 spiro atoms. The van der Waals surface area contributed by atoms with E-state index < -0.39 is 17.7 Å². The SMILES string of the molecule is Cc1nc2ccccc2c(-c2ccc(Br)cc2)c1[C@H](OC(C)(C)C)C(=O)O. The second-order valence-electron chi connectivity index (χ2n) is 7.46. The molecule has 0 saturated heterocycles. The van der Waals surface area contributed by atoms with Crippen LogP contribution in [-0.2, 0) is 9.53 Å². The maximum absolute atomic E-state index is 12.1. The summed E-state index contributed by atoms with van der Waals surface area (Å²) in [6.07, 6.45) is -1.11. The molecule has 0 aliphatic heterocycles. The highest BCUT2D eigenvalue weighted by Gasteiger charge is 2.32. The molecule has 0 amide bonds. The molecule has 2 aromatic carbocycles. The van der Waals surface area contributed by atoms with Crippen LogP contribution in [0.4, 0.5) is 0 Å². The van der Waals surface area contributed by atoms with Crippen LogP contribution in [0.25, 0.3) is 22.0 Å². The van der Waals surface area contributed by atoms with E-state index in [1.54, 1.807) is 0 Å². The zero-order valence-electron chi connectivity index (χ0n) is 15.8. The van der Waals surface area contributed by atoms with Gasteiger partial charge in [0.05, 0.1) is 11.1 Å². The van der Waals surface area contributed by atoms with E-state index in [1.165, 1.54) is 0 Å². The fraction of sp³-hybridized carbons (Fsp3) is 0.273. The summed E-state index contributed by atoms with van der Waals surface area (Å²) in [6, 6.07) is 15.6. The zero-order chi connectivity index (χ0) is 19.8. The first-order valence-corrected chi connectivity index (χ1v) is 9.52. The van der Waals surface area contributed by atoms with Crippen molar-refractivity contribution in [1.29, 1.82) is 0 Å². The summed E-state index contributed by atoms with van der Waals surface area (Å²) in [5.41, 5.74) is 3.25. The molecule has 3 rings (SSSR count). The Morgan fingerprint density at radius 3 is 2.33 bits per heavy atom. The maximum Gasteiger partial charge on any atom is 0.337 e. The van der Waals surface area contributed by atoms with Gasteiger partial charge in [0, 0.05) is 21.1 Å². The molecule has 1 atom stereocenters. The van der Waals surface area contributed by atoms with E-state index in [4.69, 9.17) is 4.74 Å². The van der Waals surface area contributed by atoms with Crippen LogP contribution in [0.5, 0.6) is 0 Å². The third kappa shape index (κ3) is 4.20. The van der Waals surface area contributed by atoms with Gasteiger partial charge in [-0.15, -0.1) is 0 Å². The van der Waals surface area contributed by atoms with Gasteiger partial charge in [-0.1, -0.05) is 46.3 Å². The van der Waals surface area contributed by atoms with E-state index in [0.29, 0.717) is 11.3 Å². The van der Waals surface area contributed by atoms with Crippen molar-refractivity contribution < 1.29 is 14.6 Å². The number of aryl methyl sites for hydroxylation is 1. The van der Waals surface area contributed by atoms with E-state index in [1.807, 2.05) is 76.2 Å². The van der Waals surface area contributed by atoms with Gasteiger partial charge in [0.15, 0.2) is 6.10 Å². The number of aliphatic carboxylic acids is 1. The van der Waals surface area contributed by atoms with Crippen LogP contribution in [-0.4, -0.2) is 21.7 Å². The first-order chi connectivity index (χ1) is 12.7. The molecule has 0 unspecified atom stereocenters. The zero-order valence-corrected chi connectivity index (χ0v) is 17.4. The van der Waals surface area contributed by atoms with Gasteiger partial charge in [0.1, 0.15) is 0 Å². The number of carboxylic acid groups (broad SMARTS) is 1. The van der Waals surface area contributed by atoms with Crippen molar-refractivity contribution in [1.82, 2.24) is 4.98 Å². The van der Waals surface area contributed by atoms with Gasteiger partial charge in [0.2, 0.25) is 0 Å². The molecule has 27 heavy (non-hydrogen) atoms. The van der Waals surface area contributed by atoms with Crippen molar-refractivity contribution in [3.05, 3.63) is 64.3 Å². The van der Waals surface area contributed by atoms with Crippen LogP contribution in [0.1, 0.15) is 38.1 Å². The molecule has 1 aromatic heterocycles. The summed E-state index contributed by atoms with van der Waals surface area (Å²) >= 11 is 3.46. The second kappa shape index (κ2) is 7.41. The molecule has 0 aliphatic carbocycles. The van der Waals surface area contributed by atoms with Gasteiger partial charge in [0.25, 0.3) is 0 Å². The number of pyridine rings is 1. The number of aromatic nitrogens is 1. The summed E-state index contributed by atoms with van der Waals surface area (Å²) in [5.74, 6) is -1.02. The number of carbonyl (C=O) groups is 1. The third-order valence-corrected chi connectivity index (χ3v) is 4.74. The van der Waals surface area contributed by atoms with Crippen LogP contribution < -0.4 is 0 Å². The van der Waals surface area contributed by atoms with Crippen LogP contribution >= 0.6 is 15.9 Å². The monoisotopic (exact) mass is 427 g/mol. The summed E-state index contributed by atoms with van der Waals surface area (Å²) in [6.45, 7) is 7.40.